The third-order valence-electron chi connectivity index (χ3n) is 2.47. The quantitative estimate of drug-likeness (QED) is 0.848. The number of nitrogens with zero attached hydrogens (tertiary/aromatic N) is 1. The Morgan fingerprint density at radius 3 is 3.00 bits per heavy atom. The second-order valence-corrected chi connectivity index (χ2v) is 4.80. The van der Waals surface area contributed by atoms with Crippen molar-refractivity contribution in [2.24, 2.45) is 10.7 Å². The van der Waals surface area contributed by atoms with Crippen molar-refractivity contribution in [1.29, 1.82) is 0 Å². The minimum absolute atomic E-state index is 0.355. The van der Waals surface area contributed by atoms with Gasteiger partial charge in [-0.3, -0.25) is 4.99 Å². The van der Waals surface area contributed by atoms with Crippen molar-refractivity contribution in [3.8, 4) is 0 Å². The monoisotopic (exact) mass is 268 g/mol. The second kappa shape index (κ2) is 3.94. The molecule has 0 saturated heterocycles. The van der Waals surface area contributed by atoms with Gasteiger partial charge in [0.25, 0.3) is 0 Å². The van der Waals surface area contributed by atoms with Gasteiger partial charge >= 0.3 is 0 Å². The number of hydrogen-bond acceptors (Lipinski definition) is 3. The SMILES string of the molecule is C[C@]1(c2cccc(Br)c2)COCC(N)=N1. The average molecular weight is 269 g/mol. The van der Waals surface area contributed by atoms with Crippen molar-refractivity contribution in [2.75, 3.05) is 13.2 Å². The van der Waals surface area contributed by atoms with E-state index in [0.717, 1.165) is 10.0 Å². The second-order valence-electron chi connectivity index (χ2n) is 3.88. The summed E-state index contributed by atoms with van der Waals surface area (Å²) < 4.78 is 6.46. The summed E-state index contributed by atoms with van der Waals surface area (Å²) in [6.07, 6.45) is 0. The number of rotatable bonds is 1. The van der Waals surface area contributed by atoms with Crippen LogP contribution in [0.1, 0.15) is 12.5 Å². The minimum Gasteiger partial charge on any atom is -0.386 e. The molecule has 1 heterocycles. The van der Waals surface area contributed by atoms with Crippen LogP contribution in [0, 0.1) is 0 Å². The molecule has 80 valence electrons. The van der Waals surface area contributed by atoms with Gasteiger partial charge in [-0.2, -0.15) is 0 Å². The number of aliphatic imine (C=N–C) groups is 1. The summed E-state index contributed by atoms with van der Waals surface area (Å²) in [5.41, 5.74) is 6.45. The van der Waals surface area contributed by atoms with Crippen LogP contribution >= 0.6 is 15.9 Å². The van der Waals surface area contributed by atoms with Gasteiger partial charge in [-0.15, -0.1) is 0 Å². The van der Waals surface area contributed by atoms with Crippen LogP contribution in [0.3, 0.4) is 0 Å². The van der Waals surface area contributed by atoms with Gasteiger partial charge in [-0.1, -0.05) is 28.1 Å². The highest BCUT2D eigenvalue weighted by Gasteiger charge is 2.29. The van der Waals surface area contributed by atoms with Gasteiger partial charge in [0.1, 0.15) is 18.0 Å². The van der Waals surface area contributed by atoms with E-state index in [4.69, 9.17) is 10.5 Å². The molecule has 1 aromatic carbocycles. The Labute approximate surface area is 97.5 Å². The first kappa shape index (κ1) is 10.6. The van der Waals surface area contributed by atoms with E-state index in [0.29, 0.717) is 19.0 Å². The number of nitrogens with two attached hydrogens (primary N) is 1. The molecule has 0 amide bonds. The lowest BCUT2D eigenvalue weighted by Crippen LogP contribution is -2.37. The third-order valence-corrected chi connectivity index (χ3v) is 2.96. The fourth-order valence-corrected chi connectivity index (χ4v) is 2.11. The summed E-state index contributed by atoms with van der Waals surface area (Å²) in [4.78, 5) is 4.47. The summed E-state index contributed by atoms with van der Waals surface area (Å²) in [5, 5.41) is 0. The lowest BCUT2D eigenvalue weighted by molar-refractivity contribution is 0.106. The predicted molar refractivity (Wildman–Crippen MR) is 63.9 cm³/mol. The molecule has 15 heavy (non-hydrogen) atoms. The van der Waals surface area contributed by atoms with Crippen molar-refractivity contribution in [2.45, 2.75) is 12.5 Å². The van der Waals surface area contributed by atoms with Crippen LogP contribution in [0.5, 0.6) is 0 Å². The van der Waals surface area contributed by atoms with Gasteiger partial charge in [0, 0.05) is 4.47 Å². The van der Waals surface area contributed by atoms with E-state index < -0.39 is 0 Å². The fraction of sp³-hybridized carbons (Fsp3) is 0.364. The molecule has 1 aliphatic heterocycles. The van der Waals surface area contributed by atoms with Gasteiger partial charge in [-0.05, 0) is 24.6 Å². The van der Waals surface area contributed by atoms with E-state index in [1.807, 2.05) is 31.2 Å². The van der Waals surface area contributed by atoms with E-state index >= 15 is 0 Å². The van der Waals surface area contributed by atoms with E-state index in [2.05, 4.69) is 20.9 Å². The maximum atomic E-state index is 5.70. The number of ether oxygens (including phenoxy) is 1. The summed E-state index contributed by atoms with van der Waals surface area (Å²) in [6.45, 7) is 3.04. The Morgan fingerprint density at radius 1 is 1.53 bits per heavy atom. The van der Waals surface area contributed by atoms with E-state index in [9.17, 15) is 0 Å². The van der Waals surface area contributed by atoms with Crippen molar-refractivity contribution in [3.63, 3.8) is 0 Å². The van der Waals surface area contributed by atoms with Crippen LogP contribution in [-0.4, -0.2) is 19.0 Å². The molecule has 0 aromatic heterocycles. The van der Waals surface area contributed by atoms with E-state index in [-0.39, 0.29) is 5.54 Å². The van der Waals surface area contributed by atoms with Gasteiger partial charge < -0.3 is 10.5 Å². The zero-order chi connectivity index (χ0) is 10.9. The topological polar surface area (TPSA) is 47.6 Å². The molecule has 1 aliphatic rings. The first-order valence-corrected chi connectivity index (χ1v) is 5.57. The molecule has 0 fully saturated rings. The molecule has 0 bridgehead atoms. The molecule has 2 rings (SSSR count). The zero-order valence-corrected chi connectivity index (χ0v) is 10.1. The molecule has 0 saturated carbocycles. The fourth-order valence-electron chi connectivity index (χ4n) is 1.71. The Kier molecular flexibility index (Phi) is 2.80. The molecule has 1 aromatic rings. The van der Waals surface area contributed by atoms with Crippen LogP contribution in [0.2, 0.25) is 0 Å². The summed E-state index contributed by atoms with van der Waals surface area (Å²) in [5.74, 6) is 0.559. The Hall–Kier alpha value is -0.870. The summed E-state index contributed by atoms with van der Waals surface area (Å²) in [6, 6.07) is 8.07. The third kappa shape index (κ3) is 2.21. The van der Waals surface area contributed by atoms with Crippen molar-refractivity contribution >= 4 is 21.8 Å². The largest absolute Gasteiger partial charge is 0.386 e. The Balaban J connectivity index is 2.41. The molecule has 0 aliphatic carbocycles. The summed E-state index contributed by atoms with van der Waals surface area (Å²) >= 11 is 3.45. The van der Waals surface area contributed by atoms with Gasteiger partial charge in [0.05, 0.1) is 6.61 Å². The van der Waals surface area contributed by atoms with Crippen LogP contribution < -0.4 is 5.73 Å². The highest BCUT2D eigenvalue weighted by atomic mass is 79.9. The Bertz CT molecular complexity index is 405. The van der Waals surface area contributed by atoms with Gasteiger partial charge in [-0.25, -0.2) is 0 Å². The van der Waals surface area contributed by atoms with Crippen molar-refractivity contribution in [1.82, 2.24) is 0 Å². The maximum absolute atomic E-state index is 5.70. The minimum atomic E-state index is -0.355. The molecule has 2 N–H and O–H groups in total. The summed E-state index contributed by atoms with van der Waals surface area (Å²) in [7, 11) is 0. The lowest BCUT2D eigenvalue weighted by Gasteiger charge is -2.30. The normalized spacial score (nSPS) is 26.1. The van der Waals surface area contributed by atoms with Gasteiger partial charge in [0.2, 0.25) is 0 Å². The zero-order valence-electron chi connectivity index (χ0n) is 8.53. The highest BCUT2D eigenvalue weighted by Crippen LogP contribution is 2.29. The number of benzene rings is 1. The smallest absolute Gasteiger partial charge is 0.121 e. The molecular formula is C11H13BrN2O. The van der Waals surface area contributed by atoms with Gasteiger partial charge in [0.15, 0.2) is 0 Å². The van der Waals surface area contributed by atoms with E-state index in [1.165, 1.54) is 0 Å². The molecule has 1 atom stereocenters. The van der Waals surface area contributed by atoms with Crippen LogP contribution in [0.4, 0.5) is 0 Å². The van der Waals surface area contributed by atoms with Crippen LogP contribution in [0.25, 0.3) is 0 Å². The van der Waals surface area contributed by atoms with Crippen molar-refractivity contribution < 1.29 is 4.74 Å². The highest BCUT2D eigenvalue weighted by molar-refractivity contribution is 9.10. The lowest BCUT2D eigenvalue weighted by atomic mass is 9.93. The van der Waals surface area contributed by atoms with Crippen molar-refractivity contribution in [3.05, 3.63) is 34.3 Å². The molecule has 0 spiro atoms. The predicted octanol–water partition coefficient (Wildman–Crippen LogP) is 2.05. The maximum Gasteiger partial charge on any atom is 0.121 e. The number of amidine groups is 1. The molecular weight excluding hydrogens is 256 g/mol. The first-order valence-electron chi connectivity index (χ1n) is 4.78. The molecule has 4 heteroatoms. The first-order chi connectivity index (χ1) is 7.10. The van der Waals surface area contributed by atoms with E-state index in [1.54, 1.807) is 0 Å². The molecule has 0 unspecified atom stereocenters. The Morgan fingerprint density at radius 2 is 2.33 bits per heavy atom. The van der Waals surface area contributed by atoms with Crippen LogP contribution in [0.15, 0.2) is 33.7 Å². The number of hydrogen-bond donors (Lipinski definition) is 1. The van der Waals surface area contributed by atoms with Crippen LogP contribution in [-0.2, 0) is 10.3 Å². The average Bonchev–Trinajstić information content (AvgIpc) is 2.17. The molecule has 3 nitrogen and oxygen atoms in total. The molecule has 0 radical (unpaired) electrons. The standard InChI is InChI=1S/C11H13BrN2O/c1-11(7-15-6-10(13)14-11)8-3-2-4-9(12)5-8/h2-5H,6-7H2,1H3,(H2,13,14)/t11-/m1/s1. The number of halogens is 1.